The SMILES string of the molecule is C#COC(C)Oc1ccc(Br)c(Br)c1Br. The van der Waals surface area contributed by atoms with Gasteiger partial charge < -0.3 is 9.47 Å². The highest BCUT2D eigenvalue weighted by atomic mass is 79.9. The third-order valence-corrected chi connectivity index (χ3v) is 4.86. The molecule has 0 fully saturated rings. The topological polar surface area (TPSA) is 18.5 Å². The van der Waals surface area contributed by atoms with Crippen molar-refractivity contribution in [3.63, 3.8) is 0 Å². The number of terminal acetylenes is 1. The minimum atomic E-state index is -0.487. The highest BCUT2D eigenvalue weighted by molar-refractivity contribution is 9.14. The molecule has 80 valence electrons. The largest absolute Gasteiger partial charge is 0.453 e. The van der Waals surface area contributed by atoms with Crippen molar-refractivity contribution in [2.24, 2.45) is 0 Å². The molecule has 15 heavy (non-hydrogen) atoms. The summed E-state index contributed by atoms with van der Waals surface area (Å²) in [6.45, 7) is 1.72. The zero-order valence-corrected chi connectivity index (χ0v) is 12.5. The Balaban J connectivity index is 2.88. The van der Waals surface area contributed by atoms with E-state index in [2.05, 4.69) is 53.9 Å². The maximum atomic E-state index is 5.46. The summed E-state index contributed by atoms with van der Waals surface area (Å²) in [5, 5.41) is 0. The molecule has 0 bridgehead atoms. The van der Waals surface area contributed by atoms with Crippen molar-refractivity contribution in [3.8, 4) is 18.3 Å². The van der Waals surface area contributed by atoms with Crippen molar-refractivity contribution < 1.29 is 9.47 Å². The highest BCUT2D eigenvalue weighted by Crippen LogP contribution is 2.38. The molecule has 1 aromatic rings. The lowest BCUT2D eigenvalue weighted by Crippen LogP contribution is -2.13. The summed E-state index contributed by atoms with van der Waals surface area (Å²) in [4.78, 5) is 0. The minimum Gasteiger partial charge on any atom is -0.453 e. The molecule has 0 aliphatic rings. The van der Waals surface area contributed by atoms with Gasteiger partial charge in [-0.25, -0.2) is 0 Å². The lowest BCUT2D eigenvalue weighted by Gasteiger charge is -2.14. The van der Waals surface area contributed by atoms with Gasteiger partial charge in [0, 0.05) is 15.9 Å². The maximum absolute atomic E-state index is 5.46. The Morgan fingerprint density at radius 3 is 2.53 bits per heavy atom. The van der Waals surface area contributed by atoms with Crippen molar-refractivity contribution in [1.82, 2.24) is 0 Å². The molecule has 1 rings (SSSR count). The number of halogens is 3. The first-order valence-corrected chi connectivity index (χ1v) is 6.35. The van der Waals surface area contributed by atoms with E-state index in [-0.39, 0.29) is 0 Å². The molecular weight excluding hydrogens is 392 g/mol. The predicted octanol–water partition coefficient (Wildman–Crippen LogP) is 4.31. The van der Waals surface area contributed by atoms with Gasteiger partial charge in [0.15, 0.2) is 0 Å². The Hall–Kier alpha value is -0.180. The summed E-state index contributed by atoms with van der Waals surface area (Å²) in [5.41, 5.74) is 0. The molecule has 0 aromatic heterocycles. The molecule has 1 unspecified atom stereocenters. The van der Waals surface area contributed by atoms with Crippen LogP contribution < -0.4 is 4.74 Å². The first kappa shape index (κ1) is 12.9. The first-order chi connectivity index (χ1) is 7.06. The van der Waals surface area contributed by atoms with Crippen molar-refractivity contribution in [2.75, 3.05) is 0 Å². The molecule has 5 heteroatoms. The number of benzene rings is 1. The molecule has 2 nitrogen and oxygen atoms in total. The van der Waals surface area contributed by atoms with Crippen molar-refractivity contribution in [3.05, 3.63) is 25.6 Å². The first-order valence-electron chi connectivity index (χ1n) is 3.97. The third-order valence-electron chi connectivity index (χ3n) is 1.53. The molecule has 0 saturated carbocycles. The van der Waals surface area contributed by atoms with E-state index in [1.165, 1.54) is 0 Å². The van der Waals surface area contributed by atoms with Crippen molar-refractivity contribution in [2.45, 2.75) is 13.2 Å². The summed E-state index contributed by atoms with van der Waals surface area (Å²) >= 11 is 10.2. The quantitative estimate of drug-likeness (QED) is 0.429. The predicted molar refractivity (Wildman–Crippen MR) is 69.6 cm³/mol. The van der Waals surface area contributed by atoms with E-state index in [0.29, 0.717) is 5.75 Å². The molecule has 0 amide bonds. The van der Waals surface area contributed by atoms with Gasteiger partial charge in [0.25, 0.3) is 0 Å². The molecule has 1 atom stereocenters. The van der Waals surface area contributed by atoms with Gasteiger partial charge in [-0.15, -0.1) is 0 Å². The minimum absolute atomic E-state index is 0.487. The second kappa shape index (κ2) is 5.78. The summed E-state index contributed by atoms with van der Waals surface area (Å²) in [6.07, 6.45) is 6.58. The van der Waals surface area contributed by atoms with Gasteiger partial charge in [0.1, 0.15) is 11.9 Å². The van der Waals surface area contributed by atoms with Gasteiger partial charge in [0.05, 0.1) is 4.47 Å². The number of hydrogen-bond donors (Lipinski definition) is 0. The van der Waals surface area contributed by atoms with Gasteiger partial charge in [-0.2, -0.15) is 0 Å². The number of hydrogen-bond acceptors (Lipinski definition) is 2. The molecule has 0 spiro atoms. The van der Waals surface area contributed by atoms with E-state index in [0.717, 1.165) is 13.4 Å². The second-order valence-electron chi connectivity index (χ2n) is 2.59. The average Bonchev–Trinajstić information content (AvgIpc) is 2.20. The van der Waals surface area contributed by atoms with E-state index in [1.54, 1.807) is 6.92 Å². The summed E-state index contributed by atoms with van der Waals surface area (Å²) in [6, 6.07) is 3.68. The number of ether oxygens (including phenoxy) is 2. The Labute approximate surface area is 114 Å². The average molecular weight is 399 g/mol. The zero-order chi connectivity index (χ0) is 11.4. The van der Waals surface area contributed by atoms with Crippen LogP contribution in [0.4, 0.5) is 0 Å². The van der Waals surface area contributed by atoms with Crippen LogP contribution in [0, 0.1) is 12.5 Å². The van der Waals surface area contributed by atoms with Crippen molar-refractivity contribution >= 4 is 47.8 Å². The van der Waals surface area contributed by atoms with E-state index in [4.69, 9.17) is 15.9 Å². The molecule has 0 N–H and O–H groups in total. The van der Waals surface area contributed by atoms with Crippen LogP contribution in [0.25, 0.3) is 0 Å². The van der Waals surface area contributed by atoms with Crippen molar-refractivity contribution in [1.29, 1.82) is 0 Å². The lowest BCUT2D eigenvalue weighted by molar-refractivity contribution is -0.00155. The third kappa shape index (κ3) is 3.40. The molecule has 0 heterocycles. The van der Waals surface area contributed by atoms with Crippen LogP contribution in [0.3, 0.4) is 0 Å². The molecule has 0 saturated heterocycles. The van der Waals surface area contributed by atoms with Crippen LogP contribution in [0.15, 0.2) is 25.6 Å². The summed E-state index contributed by atoms with van der Waals surface area (Å²) in [7, 11) is 0. The fourth-order valence-electron chi connectivity index (χ4n) is 0.898. The van der Waals surface area contributed by atoms with Gasteiger partial charge >= 0.3 is 0 Å². The molecule has 1 aromatic carbocycles. The van der Waals surface area contributed by atoms with E-state index >= 15 is 0 Å². The Morgan fingerprint density at radius 2 is 1.93 bits per heavy atom. The van der Waals surface area contributed by atoms with Gasteiger partial charge in [-0.1, -0.05) is 6.42 Å². The lowest BCUT2D eigenvalue weighted by atomic mass is 10.3. The van der Waals surface area contributed by atoms with Crippen LogP contribution in [-0.4, -0.2) is 6.29 Å². The monoisotopic (exact) mass is 396 g/mol. The normalized spacial score (nSPS) is 11.7. The Kier molecular flexibility index (Phi) is 4.97. The highest BCUT2D eigenvalue weighted by Gasteiger charge is 2.11. The Morgan fingerprint density at radius 1 is 1.27 bits per heavy atom. The molecule has 0 aliphatic heterocycles. The molecule has 0 radical (unpaired) electrons. The fraction of sp³-hybridized carbons (Fsp3) is 0.200. The Bertz CT molecular complexity index is 398. The summed E-state index contributed by atoms with van der Waals surface area (Å²) < 4.78 is 12.9. The molecular formula is C10H7Br3O2. The smallest absolute Gasteiger partial charge is 0.248 e. The van der Waals surface area contributed by atoms with Crippen LogP contribution in [0.1, 0.15) is 6.92 Å². The van der Waals surface area contributed by atoms with E-state index < -0.39 is 6.29 Å². The summed E-state index contributed by atoms with van der Waals surface area (Å²) in [5.74, 6) is 0.660. The standard InChI is InChI=1S/C10H7Br3O2/c1-3-14-6(2)15-8-5-4-7(11)9(12)10(8)13/h1,4-6H,2H3. The van der Waals surface area contributed by atoms with Crippen LogP contribution >= 0.6 is 47.8 Å². The van der Waals surface area contributed by atoms with E-state index in [9.17, 15) is 0 Å². The van der Waals surface area contributed by atoms with Gasteiger partial charge in [0.2, 0.25) is 6.29 Å². The van der Waals surface area contributed by atoms with Crippen LogP contribution in [0.5, 0.6) is 5.75 Å². The molecule has 0 aliphatic carbocycles. The zero-order valence-electron chi connectivity index (χ0n) is 7.76. The maximum Gasteiger partial charge on any atom is 0.248 e. The van der Waals surface area contributed by atoms with Gasteiger partial charge in [-0.3, -0.25) is 0 Å². The van der Waals surface area contributed by atoms with E-state index in [1.807, 2.05) is 12.1 Å². The van der Waals surface area contributed by atoms with Crippen LogP contribution in [0.2, 0.25) is 0 Å². The van der Waals surface area contributed by atoms with Gasteiger partial charge in [-0.05, 0) is 59.9 Å². The second-order valence-corrected chi connectivity index (χ2v) is 5.04. The fourth-order valence-corrected chi connectivity index (χ4v) is 2.26. The number of rotatable bonds is 3. The van der Waals surface area contributed by atoms with Crippen LogP contribution in [-0.2, 0) is 4.74 Å².